The van der Waals surface area contributed by atoms with Crippen LogP contribution in [0.4, 0.5) is 0 Å². The molecule has 108 valence electrons. The van der Waals surface area contributed by atoms with E-state index in [2.05, 4.69) is 19.2 Å². The van der Waals surface area contributed by atoms with Crippen molar-refractivity contribution in [1.82, 2.24) is 10.2 Å². The predicted molar refractivity (Wildman–Crippen MR) is 78.1 cm³/mol. The van der Waals surface area contributed by atoms with Crippen LogP contribution in [0.15, 0.2) is 0 Å². The number of nitrogens with one attached hydrogen (secondary N) is 1. The van der Waals surface area contributed by atoms with Crippen LogP contribution in [0.1, 0.15) is 39.5 Å². The highest BCUT2D eigenvalue weighted by atomic mass is 32.2. The average molecular weight is 284 g/mol. The fourth-order valence-corrected chi connectivity index (χ4v) is 3.28. The SMILES string of the molecule is CCCC1C(=O)NC(C2CC2)C(=O)N1CCSCC. The molecular weight excluding hydrogens is 260 g/mol. The second kappa shape index (κ2) is 6.64. The summed E-state index contributed by atoms with van der Waals surface area (Å²) in [5.41, 5.74) is 0. The van der Waals surface area contributed by atoms with E-state index >= 15 is 0 Å². The number of nitrogens with zero attached hydrogens (tertiary/aromatic N) is 1. The molecule has 19 heavy (non-hydrogen) atoms. The monoisotopic (exact) mass is 284 g/mol. The molecule has 0 aromatic carbocycles. The third-order valence-electron chi connectivity index (χ3n) is 3.86. The van der Waals surface area contributed by atoms with Gasteiger partial charge in [0, 0.05) is 12.3 Å². The van der Waals surface area contributed by atoms with E-state index in [-0.39, 0.29) is 23.9 Å². The van der Waals surface area contributed by atoms with Crippen molar-refractivity contribution in [2.75, 3.05) is 18.1 Å². The molecule has 0 spiro atoms. The van der Waals surface area contributed by atoms with Gasteiger partial charge in [0.2, 0.25) is 11.8 Å². The van der Waals surface area contributed by atoms with Gasteiger partial charge in [-0.2, -0.15) is 11.8 Å². The lowest BCUT2D eigenvalue weighted by Crippen LogP contribution is -2.64. The molecule has 0 radical (unpaired) electrons. The number of hydrogen-bond acceptors (Lipinski definition) is 3. The van der Waals surface area contributed by atoms with Crippen molar-refractivity contribution >= 4 is 23.6 Å². The molecule has 1 aliphatic carbocycles. The van der Waals surface area contributed by atoms with E-state index in [9.17, 15) is 9.59 Å². The summed E-state index contributed by atoms with van der Waals surface area (Å²) in [4.78, 5) is 26.6. The van der Waals surface area contributed by atoms with Crippen LogP contribution in [0, 0.1) is 5.92 Å². The van der Waals surface area contributed by atoms with Crippen LogP contribution < -0.4 is 5.32 Å². The third kappa shape index (κ3) is 3.44. The number of rotatable bonds is 7. The van der Waals surface area contributed by atoms with E-state index < -0.39 is 0 Å². The highest BCUT2D eigenvalue weighted by molar-refractivity contribution is 7.99. The summed E-state index contributed by atoms with van der Waals surface area (Å²) in [6.45, 7) is 4.88. The van der Waals surface area contributed by atoms with Gasteiger partial charge in [0.1, 0.15) is 12.1 Å². The van der Waals surface area contributed by atoms with Gasteiger partial charge in [-0.05, 0) is 30.9 Å². The van der Waals surface area contributed by atoms with Crippen LogP contribution in [0.25, 0.3) is 0 Å². The quantitative estimate of drug-likeness (QED) is 0.723. The molecule has 2 aliphatic rings. The van der Waals surface area contributed by atoms with Gasteiger partial charge in [-0.1, -0.05) is 20.3 Å². The molecule has 2 rings (SSSR count). The van der Waals surface area contributed by atoms with Crippen molar-refractivity contribution in [2.24, 2.45) is 5.92 Å². The minimum atomic E-state index is -0.245. The van der Waals surface area contributed by atoms with Crippen molar-refractivity contribution in [3.05, 3.63) is 0 Å². The fraction of sp³-hybridized carbons (Fsp3) is 0.857. The Labute approximate surface area is 119 Å². The van der Waals surface area contributed by atoms with Crippen molar-refractivity contribution in [2.45, 2.75) is 51.6 Å². The molecule has 1 saturated carbocycles. The van der Waals surface area contributed by atoms with Crippen LogP contribution in [0.5, 0.6) is 0 Å². The van der Waals surface area contributed by atoms with Crippen LogP contribution in [-0.4, -0.2) is 46.8 Å². The van der Waals surface area contributed by atoms with E-state index in [4.69, 9.17) is 0 Å². The first-order valence-electron chi connectivity index (χ1n) is 7.37. The lowest BCUT2D eigenvalue weighted by molar-refractivity contribution is -0.149. The topological polar surface area (TPSA) is 49.4 Å². The molecule has 1 saturated heterocycles. The molecule has 0 aromatic rings. The fourth-order valence-electron chi connectivity index (χ4n) is 2.67. The maximum absolute atomic E-state index is 12.5. The normalized spacial score (nSPS) is 27.6. The molecule has 0 aromatic heterocycles. The zero-order valence-electron chi connectivity index (χ0n) is 11.9. The first-order valence-corrected chi connectivity index (χ1v) is 8.53. The number of carbonyl (C=O) groups excluding carboxylic acids is 2. The summed E-state index contributed by atoms with van der Waals surface area (Å²) < 4.78 is 0. The molecule has 2 atom stereocenters. The van der Waals surface area contributed by atoms with Crippen molar-refractivity contribution in [3.8, 4) is 0 Å². The molecular formula is C14H24N2O2S. The highest BCUT2D eigenvalue weighted by Crippen LogP contribution is 2.35. The summed E-state index contributed by atoms with van der Waals surface area (Å²) >= 11 is 1.82. The molecule has 4 nitrogen and oxygen atoms in total. The molecule has 2 unspecified atom stereocenters. The van der Waals surface area contributed by atoms with E-state index in [0.717, 1.165) is 37.2 Å². The van der Waals surface area contributed by atoms with E-state index in [1.54, 1.807) is 0 Å². The van der Waals surface area contributed by atoms with E-state index in [0.29, 0.717) is 12.5 Å². The van der Waals surface area contributed by atoms with Gasteiger partial charge >= 0.3 is 0 Å². The standard InChI is InChI=1S/C14H24N2O2S/c1-3-5-11-13(17)15-12(10-6-7-10)14(18)16(11)8-9-19-4-2/h10-12H,3-9H2,1-2H3,(H,15,17). The Morgan fingerprint density at radius 1 is 1.32 bits per heavy atom. The Bertz CT molecular complexity index is 344. The lowest BCUT2D eigenvalue weighted by atomic mass is 10.0. The molecule has 1 aliphatic heterocycles. The maximum Gasteiger partial charge on any atom is 0.246 e. The van der Waals surface area contributed by atoms with Crippen LogP contribution >= 0.6 is 11.8 Å². The summed E-state index contributed by atoms with van der Waals surface area (Å²) in [6, 6.07) is -0.489. The number of thioether (sulfide) groups is 1. The minimum Gasteiger partial charge on any atom is -0.342 e. The lowest BCUT2D eigenvalue weighted by Gasteiger charge is -2.39. The van der Waals surface area contributed by atoms with Crippen LogP contribution in [0.2, 0.25) is 0 Å². The summed E-state index contributed by atoms with van der Waals surface area (Å²) in [6.07, 6.45) is 3.85. The van der Waals surface area contributed by atoms with Gasteiger partial charge in [0.05, 0.1) is 0 Å². The minimum absolute atomic E-state index is 0.0554. The third-order valence-corrected chi connectivity index (χ3v) is 4.74. The summed E-state index contributed by atoms with van der Waals surface area (Å²) in [5.74, 6) is 2.57. The van der Waals surface area contributed by atoms with Crippen molar-refractivity contribution in [1.29, 1.82) is 0 Å². The Kier molecular flexibility index (Phi) is 5.13. The Balaban J connectivity index is 2.04. The smallest absolute Gasteiger partial charge is 0.246 e. The predicted octanol–water partition coefficient (Wildman–Crippen LogP) is 1.65. The molecule has 1 N–H and O–H groups in total. The number of piperazine rings is 1. The number of amides is 2. The molecule has 2 fully saturated rings. The first-order chi connectivity index (χ1) is 9.19. The Morgan fingerprint density at radius 3 is 2.63 bits per heavy atom. The first kappa shape index (κ1) is 14.7. The number of hydrogen-bond donors (Lipinski definition) is 1. The zero-order valence-corrected chi connectivity index (χ0v) is 12.7. The van der Waals surface area contributed by atoms with Crippen molar-refractivity contribution < 1.29 is 9.59 Å². The summed E-state index contributed by atoms with van der Waals surface area (Å²) in [5, 5.41) is 2.95. The Hall–Kier alpha value is -0.710. The van der Waals surface area contributed by atoms with Gasteiger partial charge in [0.15, 0.2) is 0 Å². The van der Waals surface area contributed by atoms with Gasteiger partial charge < -0.3 is 10.2 Å². The molecule has 1 heterocycles. The molecule has 5 heteroatoms. The van der Waals surface area contributed by atoms with Crippen LogP contribution in [-0.2, 0) is 9.59 Å². The second-order valence-corrected chi connectivity index (χ2v) is 6.75. The van der Waals surface area contributed by atoms with Crippen molar-refractivity contribution in [3.63, 3.8) is 0 Å². The highest BCUT2D eigenvalue weighted by Gasteiger charge is 2.46. The van der Waals surface area contributed by atoms with Crippen LogP contribution in [0.3, 0.4) is 0 Å². The maximum atomic E-state index is 12.5. The van der Waals surface area contributed by atoms with E-state index in [1.165, 1.54) is 0 Å². The number of carbonyl (C=O) groups is 2. The summed E-state index contributed by atoms with van der Waals surface area (Å²) in [7, 11) is 0. The van der Waals surface area contributed by atoms with Gasteiger partial charge in [-0.15, -0.1) is 0 Å². The largest absolute Gasteiger partial charge is 0.342 e. The molecule has 0 bridgehead atoms. The zero-order chi connectivity index (χ0) is 13.8. The van der Waals surface area contributed by atoms with Gasteiger partial charge in [0.25, 0.3) is 0 Å². The van der Waals surface area contributed by atoms with Gasteiger partial charge in [-0.3, -0.25) is 9.59 Å². The Morgan fingerprint density at radius 2 is 2.05 bits per heavy atom. The second-order valence-electron chi connectivity index (χ2n) is 5.36. The average Bonchev–Trinajstić information content (AvgIpc) is 3.21. The van der Waals surface area contributed by atoms with E-state index in [1.807, 2.05) is 16.7 Å². The van der Waals surface area contributed by atoms with Gasteiger partial charge in [-0.25, -0.2) is 0 Å². The molecule has 2 amide bonds.